The summed E-state index contributed by atoms with van der Waals surface area (Å²) in [4.78, 5) is 4.83. The van der Waals surface area contributed by atoms with Crippen LogP contribution in [0.15, 0.2) is 134 Å². The zero-order chi connectivity index (χ0) is 27.6. The van der Waals surface area contributed by atoms with Crippen LogP contribution in [0.5, 0.6) is 0 Å². The van der Waals surface area contributed by atoms with Crippen LogP contribution in [0.1, 0.15) is 25.0 Å². The van der Waals surface area contributed by atoms with Gasteiger partial charge in [-0.2, -0.15) is 0 Å². The molecule has 0 saturated heterocycles. The summed E-state index contributed by atoms with van der Waals surface area (Å²) in [5.74, 6) is 0. The van der Waals surface area contributed by atoms with E-state index >= 15 is 0 Å². The van der Waals surface area contributed by atoms with Crippen molar-refractivity contribution in [3.8, 4) is 44.5 Å². The SMILES string of the molecule is CC1(C)c2ccccc2-c2cc(-c3cccc4ccc5cccnc5c34)[c]c(-c3ccc(-c4ccccc4)cc3)c21. The minimum Gasteiger partial charge on any atom is -0.256 e. The Hall–Kier alpha value is -5.01. The Labute approximate surface area is 240 Å². The molecule has 7 aromatic rings. The minimum atomic E-state index is -0.138. The van der Waals surface area contributed by atoms with Crippen molar-refractivity contribution in [1.82, 2.24) is 4.98 Å². The summed E-state index contributed by atoms with van der Waals surface area (Å²) >= 11 is 0. The molecule has 1 heteroatoms. The molecule has 0 amide bonds. The lowest BCUT2D eigenvalue weighted by atomic mass is 9.78. The topological polar surface area (TPSA) is 12.9 Å². The molecule has 0 spiro atoms. The van der Waals surface area contributed by atoms with Crippen molar-refractivity contribution in [1.29, 1.82) is 0 Å². The lowest BCUT2D eigenvalue weighted by Gasteiger charge is -2.25. The molecule has 1 aromatic heterocycles. The van der Waals surface area contributed by atoms with Crippen molar-refractivity contribution in [3.05, 3.63) is 151 Å². The number of benzene rings is 6. The fraction of sp³-hybridized carbons (Fsp3) is 0.0750. The van der Waals surface area contributed by atoms with E-state index < -0.39 is 0 Å². The zero-order valence-electron chi connectivity index (χ0n) is 23.1. The summed E-state index contributed by atoms with van der Waals surface area (Å²) in [6.45, 7) is 4.70. The normalized spacial score (nSPS) is 13.3. The molecule has 0 bridgehead atoms. The molecule has 0 atom stereocenters. The number of aromatic nitrogens is 1. The highest BCUT2D eigenvalue weighted by Crippen LogP contribution is 2.53. The Morgan fingerprint density at radius 2 is 1.24 bits per heavy atom. The van der Waals surface area contributed by atoms with Gasteiger partial charge in [0.05, 0.1) is 5.52 Å². The molecule has 193 valence electrons. The molecule has 0 unspecified atom stereocenters. The van der Waals surface area contributed by atoms with Crippen LogP contribution in [0.2, 0.25) is 0 Å². The quantitative estimate of drug-likeness (QED) is 0.210. The maximum absolute atomic E-state index is 4.83. The largest absolute Gasteiger partial charge is 0.256 e. The van der Waals surface area contributed by atoms with Gasteiger partial charge in [0, 0.05) is 22.4 Å². The van der Waals surface area contributed by atoms with Crippen LogP contribution in [0, 0.1) is 6.07 Å². The summed E-state index contributed by atoms with van der Waals surface area (Å²) in [6.07, 6.45) is 1.89. The second-order valence-corrected chi connectivity index (χ2v) is 11.5. The maximum atomic E-state index is 4.83. The zero-order valence-corrected chi connectivity index (χ0v) is 23.1. The number of fused-ring (bicyclic) bond motifs is 6. The van der Waals surface area contributed by atoms with E-state index in [2.05, 4.69) is 141 Å². The predicted molar refractivity (Wildman–Crippen MR) is 172 cm³/mol. The molecule has 0 aliphatic heterocycles. The van der Waals surface area contributed by atoms with Gasteiger partial charge in [0.25, 0.3) is 0 Å². The number of rotatable bonds is 3. The Balaban J connectivity index is 1.42. The van der Waals surface area contributed by atoms with Crippen molar-refractivity contribution in [2.24, 2.45) is 0 Å². The highest BCUT2D eigenvalue weighted by atomic mass is 14.6. The lowest BCUT2D eigenvalue weighted by molar-refractivity contribution is 0.662. The third-order valence-corrected chi connectivity index (χ3v) is 8.77. The first-order chi connectivity index (χ1) is 20.1. The van der Waals surface area contributed by atoms with Gasteiger partial charge in [-0.05, 0) is 79.2 Å². The molecular formula is C40H28N. The molecule has 1 aliphatic carbocycles. The summed E-state index contributed by atoms with van der Waals surface area (Å²) in [6, 6.07) is 49.9. The summed E-state index contributed by atoms with van der Waals surface area (Å²) < 4.78 is 0. The van der Waals surface area contributed by atoms with Gasteiger partial charge in [-0.1, -0.05) is 129 Å². The maximum Gasteiger partial charge on any atom is 0.0786 e. The van der Waals surface area contributed by atoms with Gasteiger partial charge in [-0.15, -0.1) is 0 Å². The van der Waals surface area contributed by atoms with Gasteiger partial charge in [-0.3, -0.25) is 4.98 Å². The molecule has 1 aliphatic rings. The average molecular weight is 523 g/mol. The first kappa shape index (κ1) is 23.8. The van der Waals surface area contributed by atoms with Crippen LogP contribution in [0.25, 0.3) is 66.2 Å². The van der Waals surface area contributed by atoms with Gasteiger partial charge < -0.3 is 0 Å². The first-order valence-corrected chi connectivity index (χ1v) is 14.2. The smallest absolute Gasteiger partial charge is 0.0786 e. The van der Waals surface area contributed by atoms with E-state index in [-0.39, 0.29) is 5.41 Å². The molecule has 8 rings (SSSR count). The lowest BCUT2D eigenvalue weighted by Crippen LogP contribution is -2.16. The summed E-state index contributed by atoms with van der Waals surface area (Å²) in [5, 5.41) is 3.52. The van der Waals surface area contributed by atoms with Crippen LogP contribution < -0.4 is 0 Å². The molecule has 0 saturated carbocycles. The van der Waals surface area contributed by atoms with Gasteiger partial charge in [0.15, 0.2) is 0 Å². The van der Waals surface area contributed by atoms with Gasteiger partial charge in [0.2, 0.25) is 0 Å². The number of hydrogen-bond acceptors (Lipinski definition) is 1. The van der Waals surface area contributed by atoms with E-state index in [1.54, 1.807) is 0 Å². The van der Waals surface area contributed by atoms with Gasteiger partial charge in [-0.25, -0.2) is 0 Å². The average Bonchev–Trinajstić information content (AvgIpc) is 3.27. The fourth-order valence-corrected chi connectivity index (χ4v) is 6.80. The van der Waals surface area contributed by atoms with Crippen LogP contribution in [0.4, 0.5) is 0 Å². The Kier molecular flexibility index (Phi) is 5.24. The Morgan fingerprint density at radius 3 is 2.10 bits per heavy atom. The van der Waals surface area contributed by atoms with Crippen LogP contribution in [-0.2, 0) is 5.41 Å². The third kappa shape index (κ3) is 3.66. The van der Waals surface area contributed by atoms with Crippen LogP contribution in [0.3, 0.4) is 0 Å². The van der Waals surface area contributed by atoms with E-state index in [1.807, 2.05) is 12.3 Å². The molecule has 6 aromatic carbocycles. The van der Waals surface area contributed by atoms with Crippen molar-refractivity contribution in [3.63, 3.8) is 0 Å². The summed E-state index contributed by atoms with van der Waals surface area (Å²) in [7, 11) is 0. The number of nitrogens with zero attached hydrogens (tertiary/aromatic N) is 1. The monoisotopic (exact) mass is 522 g/mol. The van der Waals surface area contributed by atoms with Crippen molar-refractivity contribution >= 4 is 21.7 Å². The highest BCUT2D eigenvalue weighted by Gasteiger charge is 2.38. The standard InChI is InChI=1S/C40H28N/c1-40(2)36-16-7-6-14-33(36)35-25-31(32-15-8-12-29-21-22-30-13-9-23-41-39(30)37(29)32)24-34(38(35)40)28-19-17-27(18-20-28)26-10-4-3-5-11-26/h3-23,25H,1-2H3. The second-order valence-electron chi connectivity index (χ2n) is 11.5. The van der Waals surface area contributed by atoms with Gasteiger partial charge >= 0.3 is 0 Å². The molecule has 1 radical (unpaired) electrons. The minimum absolute atomic E-state index is 0.138. The molecule has 0 fully saturated rings. The van der Waals surface area contributed by atoms with E-state index in [4.69, 9.17) is 4.98 Å². The number of hydrogen-bond donors (Lipinski definition) is 0. The predicted octanol–water partition coefficient (Wildman–Crippen LogP) is 10.5. The van der Waals surface area contributed by atoms with Crippen LogP contribution in [-0.4, -0.2) is 4.98 Å². The molecule has 0 N–H and O–H groups in total. The number of pyridine rings is 1. The fourth-order valence-electron chi connectivity index (χ4n) is 6.80. The van der Waals surface area contributed by atoms with E-state index in [0.29, 0.717) is 0 Å². The highest BCUT2D eigenvalue weighted by molar-refractivity contribution is 6.13. The van der Waals surface area contributed by atoms with Crippen molar-refractivity contribution < 1.29 is 0 Å². The second kappa shape index (κ2) is 9.01. The van der Waals surface area contributed by atoms with E-state index in [0.717, 1.165) is 16.5 Å². The van der Waals surface area contributed by atoms with Crippen molar-refractivity contribution in [2.45, 2.75) is 19.3 Å². The molecular weight excluding hydrogens is 494 g/mol. The third-order valence-electron chi connectivity index (χ3n) is 8.77. The van der Waals surface area contributed by atoms with Gasteiger partial charge in [0.1, 0.15) is 0 Å². The Morgan fingerprint density at radius 1 is 0.561 bits per heavy atom. The molecule has 1 nitrogen and oxygen atoms in total. The van der Waals surface area contributed by atoms with E-state index in [1.165, 1.54) is 60.8 Å². The Bertz CT molecular complexity index is 2100. The first-order valence-electron chi connectivity index (χ1n) is 14.2. The van der Waals surface area contributed by atoms with E-state index in [9.17, 15) is 0 Å². The molecule has 41 heavy (non-hydrogen) atoms. The van der Waals surface area contributed by atoms with Crippen molar-refractivity contribution in [2.75, 3.05) is 0 Å². The molecule has 1 heterocycles. The summed E-state index contributed by atoms with van der Waals surface area (Å²) in [5.41, 5.74) is 13.3. The van der Waals surface area contributed by atoms with Crippen LogP contribution >= 0.6 is 0 Å².